The van der Waals surface area contributed by atoms with E-state index in [0.717, 1.165) is 0 Å². The van der Waals surface area contributed by atoms with Crippen LogP contribution in [0.4, 0.5) is 0 Å². The van der Waals surface area contributed by atoms with Crippen molar-refractivity contribution < 1.29 is 10.2 Å². The molecular formula is C7H15NO2. The zero-order valence-corrected chi connectivity index (χ0v) is 6.20. The Bertz CT molecular complexity index is 106. The van der Waals surface area contributed by atoms with E-state index in [2.05, 4.69) is 0 Å². The summed E-state index contributed by atoms with van der Waals surface area (Å²) >= 11 is 0. The normalized spacial score (nSPS) is 43.8. The van der Waals surface area contributed by atoms with Gasteiger partial charge in [-0.15, -0.1) is 0 Å². The van der Waals surface area contributed by atoms with Gasteiger partial charge < -0.3 is 15.9 Å². The largest absolute Gasteiger partial charge is 0.390 e. The molecule has 3 unspecified atom stereocenters. The molecule has 0 saturated heterocycles. The molecule has 3 heteroatoms. The Kier molecular flexibility index (Phi) is 2.28. The molecule has 1 rings (SSSR count). The van der Waals surface area contributed by atoms with Crippen LogP contribution in [-0.2, 0) is 0 Å². The number of nitrogens with two attached hydrogens (primary N) is 1. The van der Waals surface area contributed by atoms with E-state index in [0.29, 0.717) is 18.8 Å². The maximum Gasteiger partial charge on any atom is 0.0802 e. The standard InChI is InChI=1S/C7H15NO2/c1-4(8)5-2-6(9)7(10)3-5/h4-7,9-10H,2-3,8H2,1H3. The van der Waals surface area contributed by atoms with Crippen LogP contribution < -0.4 is 5.73 Å². The van der Waals surface area contributed by atoms with Crippen molar-refractivity contribution in [1.29, 1.82) is 0 Å². The first-order valence-corrected chi connectivity index (χ1v) is 3.73. The topological polar surface area (TPSA) is 66.5 Å². The van der Waals surface area contributed by atoms with Crippen LogP contribution in [0.5, 0.6) is 0 Å². The van der Waals surface area contributed by atoms with Gasteiger partial charge in [-0.05, 0) is 25.7 Å². The van der Waals surface area contributed by atoms with Crippen LogP contribution in [0.3, 0.4) is 0 Å². The SMILES string of the molecule is CC(N)C1CC(O)C(O)C1. The van der Waals surface area contributed by atoms with Crippen LogP contribution in [0.15, 0.2) is 0 Å². The Labute approximate surface area is 60.9 Å². The second-order valence-electron chi connectivity index (χ2n) is 3.23. The van der Waals surface area contributed by atoms with Gasteiger partial charge in [0.2, 0.25) is 0 Å². The molecule has 0 aromatic rings. The van der Waals surface area contributed by atoms with Gasteiger partial charge in [0.15, 0.2) is 0 Å². The molecule has 0 bridgehead atoms. The molecule has 0 spiro atoms. The van der Waals surface area contributed by atoms with Crippen molar-refractivity contribution in [3.8, 4) is 0 Å². The lowest BCUT2D eigenvalue weighted by molar-refractivity contribution is 0.0438. The minimum Gasteiger partial charge on any atom is -0.390 e. The monoisotopic (exact) mass is 145 g/mol. The fourth-order valence-electron chi connectivity index (χ4n) is 1.46. The van der Waals surface area contributed by atoms with E-state index in [1.807, 2.05) is 6.92 Å². The second kappa shape index (κ2) is 2.86. The third kappa shape index (κ3) is 1.48. The van der Waals surface area contributed by atoms with Crippen LogP contribution in [0, 0.1) is 5.92 Å². The highest BCUT2D eigenvalue weighted by Crippen LogP contribution is 2.27. The van der Waals surface area contributed by atoms with Gasteiger partial charge in [0, 0.05) is 6.04 Å². The van der Waals surface area contributed by atoms with Crippen LogP contribution in [0.2, 0.25) is 0 Å². The number of aliphatic hydroxyl groups is 2. The fourth-order valence-corrected chi connectivity index (χ4v) is 1.46. The van der Waals surface area contributed by atoms with E-state index < -0.39 is 12.2 Å². The first-order valence-electron chi connectivity index (χ1n) is 3.73. The van der Waals surface area contributed by atoms with Gasteiger partial charge in [-0.3, -0.25) is 0 Å². The quantitative estimate of drug-likeness (QED) is 0.464. The summed E-state index contributed by atoms with van der Waals surface area (Å²) in [6, 6.07) is 0.0896. The second-order valence-corrected chi connectivity index (χ2v) is 3.23. The molecule has 0 radical (unpaired) electrons. The molecule has 10 heavy (non-hydrogen) atoms. The van der Waals surface area contributed by atoms with Gasteiger partial charge in [0.05, 0.1) is 12.2 Å². The lowest BCUT2D eigenvalue weighted by Gasteiger charge is -2.12. The van der Waals surface area contributed by atoms with Crippen LogP contribution >= 0.6 is 0 Å². The highest BCUT2D eigenvalue weighted by atomic mass is 16.3. The predicted molar refractivity (Wildman–Crippen MR) is 38.4 cm³/mol. The molecule has 0 heterocycles. The summed E-state index contributed by atoms with van der Waals surface area (Å²) in [5, 5.41) is 18.2. The minimum absolute atomic E-state index is 0.0896. The Morgan fingerprint density at radius 1 is 1.30 bits per heavy atom. The number of rotatable bonds is 1. The molecular weight excluding hydrogens is 130 g/mol. The maximum atomic E-state index is 9.11. The van der Waals surface area contributed by atoms with Crippen molar-refractivity contribution in [2.75, 3.05) is 0 Å². The first kappa shape index (κ1) is 7.98. The molecule has 0 aromatic carbocycles. The van der Waals surface area contributed by atoms with Crippen molar-refractivity contribution >= 4 is 0 Å². The van der Waals surface area contributed by atoms with Crippen LogP contribution in [0.25, 0.3) is 0 Å². The van der Waals surface area contributed by atoms with E-state index >= 15 is 0 Å². The summed E-state index contributed by atoms with van der Waals surface area (Å²) in [7, 11) is 0. The summed E-state index contributed by atoms with van der Waals surface area (Å²) in [6.07, 6.45) is 0.212. The highest BCUT2D eigenvalue weighted by molar-refractivity contribution is 4.86. The summed E-state index contributed by atoms with van der Waals surface area (Å²) in [6.45, 7) is 1.91. The Morgan fingerprint density at radius 3 is 1.90 bits per heavy atom. The molecule has 4 N–H and O–H groups in total. The van der Waals surface area contributed by atoms with Gasteiger partial charge in [-0.2, -0.15) is 0 Å². The van der Waals surface area contributed by atoms with Crippen molar-refractivity contribution in [1.82, 2.24) is 0 Å². The number of hydrogen-bond donors (Lipinski definition) is 3. The maximum absolute atomic E-state index is 9.11. The summed E-state index contributed by atoms with van der Waals surface area (Å²) < 4.78 is 0. The lowest BCUT2D eigenvalue weighted by atomic mass is 10.0. The number of aliphatic hydroxyl groups excluding tert-OH is 2. The average Bonchev–Trinajstić information content (AvgIpc) is 2.13. The highest BCUT2D eigenvalue weighted by Gasteiger charge is 2.32. The smallest absolute Gasteiger partial charge is 0.0802 e. The molecule has 60 valence electrons. The Hall–Kier alpha value is -0.120. The van der Waals surface area contributed by atoms with Crippen molar-refractivity contribution in [2.45, 2.75) is 38.0 Å². The molecule has 0 aliphatic heterocycles. The van der Waals surface area contributed by atoms with E-state index in [1.165, 1.54) is 0 Å². The number of hydrogen-bond acceptors (Lipinski definition) is 3. The summed E-state index contributed by atoms with van der Waals surface area (Å²) in [5.41, 5.74) is 5.60. The zero-order valence-electron chi connectivity index (χ0n) is 6.20. The molecule has 3 nitrogen and oxygen atoms in total. The molecule has 0 amide bonds. The summed E-state index contributed by atoms with van der Waals surface area (Å²) in [4.78, 5) is 0. The van der Waals surface area contributed by atoms with Gasteiger partial charge in [-0.25, -0.2) is 0 Å². The predicted octanol–water partition coefficient (Wildman–Crippen LogP) is -0.535. The van der Waals surface area contributed by atoms with E-state index in [1.54, 1.807) is 0 Å². The Morgan fingerprint density at radius 2 is 1.70 bits per heavy atom. The van der Waals surface area contributed by atoms with Gasteiger partial charge in [0.1, 0.15) is 0 Å². The first-order chi connectivity index (χ1) is 4.61. The lowest BCUT2D eigenvalue weighted by Crippen LogP contribution is -2.24. The van der Waals surface area contributed by atoms with Crippen molar-refractivity contribution in [3.63, 3.8) is 0 Å². The molecule has 1 saturated carbocycles. The van der Waals surface area contributed by atoms with Crippen molar-refractivity contribution in [3.05, 3.63) is 0 Å². The molecule has 1 aliphatic rings. The molecule has 0 aromatic heterocycles. The van der Waals surface area contributed by atoms with E-state index in [-0.39, 0.29) is 6.04 Å². The van der Waals surface area contributed by atoms with E-state index in [4.69, 9.17) is 15.9 Å². The summed E-state index contributed by atoms with van der Waals surface area (Å²) in [5.74, 6) is 0.296. The van der Waals surface area contributed by atoms with E-state index in [9.17, 15) is 0 Å². The van der Waals surface area contributed by atoms with Crippen LogP contribution in [-0.4, -0.2) is 28.5 Å². The van der Waals surface area contributed by atoms with Gasteiger partial charge >= 0.3 is 0 Å². The van der Waals surface area contributed by atoms with Crippen LogP contribution in [0.1, 0.15) is 19.8 Å². The third-order valence-corrected chi connectivity index (χ3v) is 2.28. The average molecular weight is 145 g/mol. The molecule has 3 atom stereocenters. The molecule has 1 fully saturated rings. The van der Waals surface area contributed by atoms with Crippen molar-refractivity contribution in [2.24, 2.45) is 11.7 Å². The Balaban J connectivity index is 2.41. The third-order valence-electron chi connectivity index (χ3n) is 2.28. The van der Waals surface area contributed by atoms with Gasteiger partial charge in [0.25, 0.3) is 0 Å². The fraction of sp³-hybridized carbons (Fsp3) is 1.00. The zero-order chi connectivity index (χ0) is 7.72. The molecule has 1 aliphatic carbocycles. The van der Waals surface area contributed by atoms with Gasteiger partial charge in [-0.1, -0.05) is 0 Å². The minimum atomic E-state index is -0.545.